The summed E-state index contributed by atoms with van der Waals surface area (Å²) in [6, 6.07) is 5.43. The van der Waals surface area contributed by atoms with E-state index in [4.69, 9.17) is 11.6 Å². The van der Waals surface area contributed by atoms with Crippen LogP contribution in [0.4, 0.5) is 5.69 Å². The van der Waals surface area contributed by atoms with Crippen molar-refractivity contribution >= 4 is 39.1 Å². The number of hydrogen-bond donors (Lipinski definition) is 2. The van der Waals surface area contributed by atoms with Crippen LogP contribution >= 0.6 is 27.5 Å². The van der Waals surface area contributed by atoms with Crippen LogP contribution in [-0.2, 0) is 4.79 Å². The molecule has 5 heteroatoms. The molecule has 0 aromatic heterocycles. The standard InChI is InChI=1S/C12H14BrClN2O/c13-9-3-4-10(14)11(6-9)16-12(17)8-2-1-5-15-7-8/h3-4,6,8,15H,1-2,5,7H2,(H,16,17)/t8-/m1/s1. The number of piperidine rings is 1. The average molecular weight is 318 g/mol. The number of nitrogens with one attached hydrogen (secondary N) is 2. The lowest BCUT2D eigenvalue weighted by atomic mass is 9.99. The van der Waals surface area contributed by atoms with Gasteiger partial charge in [-0.3, -0.25) is 4.79 Å². The maximum absolute atomic E-state index is 12.0. The van der Waals surface area contributed by atoms with E-state index in [2.05, 4.69) is 26.6 Å². The topological polar surface area (TPSA) is 41.1 Å². The van der Waals surface area contributed by atoms with E-state index in [9.17, 15) is 4.79 Å². The average Bonchev–Trinajstić information content (AvgIpc) is 2.35. The minimum Gasteiger partial charge on any atom is -0.324 e. The highest BCUT2D eigenvalue weighted by Gasteiger charge is 2.21. The van der Waals surface area contributed by atoms with Gasteiger partial charge in [-0.15, -0.1) is 0 Å². The van der Waals surface area contributed by atoms with Gasteiger partial charge in [-0.05, 0) is 37.6 Å². The van der Waals surface area contributed by atoms with E-state index in [1.54, 1.807) is 6.07 Å². The smallest absolute Gasteiger partial charge is 0.228 e. The Morgan fingerprint density at radius 1 is 1.53 bits per heavy atom. The summed E-state index contributed by atoms with van der Waals surface area (Å²) in [5.74, 6) is 0.0796. The molecule has 2 N–H and O–H groups in total. The molecule has 17 heavy (non-hydrogen) atoms. The molecule has 1 aromatic carbocycles. The fourth-order valence-electron chi connectivity index (χ4n) is 1.90. The van der Waals surface area contributed by atoms with Crippen LogP contribution in [0, 0.1) is 5.92 Å². The maximum atomic E-state index is 12.0. The summed E-state index contributed by atoms with van der Waals surface area (Å²) in [6.07, 6.45) is 1.98. The van der Waals surface area contributed by atoms with Crippen molar-refractivity contribution in [3.05, 3.63) is 27.7 Å². The zero-order chi connectivity index (χ0) is 12.3. The van der Waals surface area contributed by atoms with Crippen LogP contribution in [0.15, 0.2) is 22.7 Å². The minimum atomic E-state index is 0.0391. The van der Waals surface area contributed by atoms with Gasteiger partial charge in [0.1, 0.15) is 0 Å². The van der Waals surface area contributed by atoms with Crippen molar-refractivity contribution in [2.45, 2.75) is 12.8 Å². The van der Waals surface area contributed by atoms with E-state index >= 15 is 0 Å². The van der Waals surface area contributed by atoms with Gasteiger partial charge < -0.3 is 10.6 Å². The molecule has 0 bridgehead atoms. The molecule has 0 aliphatic carbocycles. The third kappa shape index (κ3) is 3.44. The van der Waals surface area contributed by atoms with Gasteiger partial charge in [0.25, 0.3) is 0 Å². The summed E-state index contributed by atoms with van der Waals surface area (Å²) < 4.78 is 0.902. The van der Waals surface area contributed by atoms with Crippen molar-refractivity contribution in [3.8, 4) is 0 Å². The first-order chi connectivity index (χ1) is 8.16. The molecule has 1 aliphatic rings. The Morgan fingerprint density at radius 2 is 2.35 bits per heavy atom. The van der Waals surface area contributed by atoms with Crippen LogP contribution < -0.4 is 10.6 Å². The number of halogens is 2. The molecular weight excluding hydrogens is 304 g/mol. The summed E-state index contributed by atoms with van der Waals surface area (Å²) in [6.45, 7) is 1.75. The second-order valence-electron chi connectivity index (χ2n) is 4.16. The molecule has 1 fully saturated rings. The molecule has 2 rings (SSSR count). The number of rotatable bonds is 2. The quantitative estimate of drug-likeness (QED) is 0.880. The number of anilines is 1. The third-order valence-electron chi connectivity index (χ3n) is 2.85. The molecule has 0 radical (unpaired) electrons. The highest BCUT2D eigenvalue weighted by molar-refractivity contribution is 9.10. The lowest BCUT2D eigenvalue weighted by Crippen LogP contribution is -2.37. The van der Waals surface area contributed by atoms with Gasteiger partial charge in [0.15, 0.2) is 0 Å². The lowest BCUT2D eigenvalue weighted by molar-refractivity contribution is -0.120. The Morgan fingerprint density at radius 3 is 3.06 bits per heavy atom. The molecule has 0 saturated carbocycles. The molecule has 1 aromatic rings. The fourth-order valence-corrected chi connectivity index (χ4v) is 2.43. The van der Waals surface area contributed by atoms with E-state index < -0.39 is 0 Å². The molecule has 3 nitrogen and oxygen atoms in total. The van der Waals surface area contributed by atoms with E-state index in [0.717, 1.165) is 30.4 Å². The molecule has 1 amide bonds. The third-order valence-corrected chi connectivity index (χ3v) is 3.68. The number of amides is 1. The largest absolute Gasteiger partial charge is 0.324 e. The maximum Gasteiger partial charge on any atom is 0.228 e. The number of benzene rings is 1. The molecule has 1 atom stereocenters. The number of carbonyl (C=O) groups excluding carboxylic acids is 1. The van der Waals surface area contributed by atoms with Crippen molar-refractivity contribution in [1.29, 1.82) is 0 Å². The monoisotopic (exact) mass is 316 g/mol. The first-order valence-electron chi connectivity index (χ1n) is 5.63. The predicted octanol–water partition coefficient (Wildman–Crippen LogP) is 3.04. The van der Waals surface area contributed by atoms with Crippen molar-refractivity contribution in [1.82, 2.24) is 5.32 Å². The van der Waals surface area contributed by atoms with E-state index in [1.165, 1.54) is 0 Å². The van der Waals surface area contributed by atoms with Crippen LogP contribution in [0.3, 0.4) is 0 Å². The molecule has 1 saturated heterocycles. The molecule has 1 aliphatic heterocycles. The Bertz CT molecular complexity index is 419. The molecule has 0 unspecified atom stereocenters. The SMILES string of the molecule is O=C(Nc1cc(Br)ccc1Cl)[C@@H]1CCCNC1. The van der Waals surface area contributed by atoms with Crippen molar-refractivity contribution < 1.29 is 4.79 Å². The molecule has 1 heterocycles. The first-order valence-corrected chi connectivity index (χ1v) is 6.80. The highest BCUT2D eigenvalue weighted by Crippen LogP contribution is 2.26. The Hall–Kier alpha value is -0.580. The summed E-state index contributed by atoms with van der Waals surface area (Å²) in [5, 5.41) is 6.66. The van der Waals surface area contributed by atoms with Crippen molar-refractivity contribution in [2.75, 3.05) is 18.4 Å². The van der Waals surface area contributed by atoms with E-state index in [-0.39, 0.29) is 11.8 Å². The van der Waals surface area contributed by atoms with Crippen molar-refractivity contribution in [2.24, 2.45) is 5.92 Å². The summed E-state index contributed by atoms with van der Waals surface area (Å²) in [4.78, 5) is 12.0. The van der Waals surface area contributed by atoms with Crippen LogP contribution in [-0.4, -0.2) is 19.0 Å². The number of carbonyl (C=O) groups is 1. The van der Waals surface area contributed by atoms with Gasteiger partial charge in [0, 0.05) is 11.0 Å². The van der Waals surface area contributed by atoms with Crippen LogP contribution in [0.5, 0.6) is 0 Å². The van der Waals surface area contributed by atoms with Gasteiger partial charge in [-0.2, -0.15) is 0 Å². The van der Waals surface area contributed by atoms with Gasteiger partial charge in [0.2, 0.25) is 5.91 Å². The second kappa shape index (κ2) is 5.85. The molecule has 0 spiro atoms. The Balaban J connectivity index is 2.04. The lowest BCUT2D eigenvalue weighted by Gasteiger charge is -2.22. The Labute approximate surface area is 114 Å². The van der Waals surface area contributed by atoms with Crippen molar-refractivity contribution in [3.63, 3.8) is 0 Å². The predicted molar refractivity (Wildman–Crippen MR) is 73.4 cm³/mol. The highest BCUT2D eigenvalue weighted by atomic mass is 79.9. The van der Waals surface area contributed by atoms with Crippen LogP contribution in [0.25, 0.3) is 0 Å². The van der Waals surface area contributed by atoms with Crippen LogP contribution in [0.2, 0.25) is 5.02 Å². The number of hydrogen-bond acceptors (Lipinski definition) is 2. The minimum absolute atomic E-state index is 0.0391. The van der Waals surface area contributed by atoms with E-state index in [1.807, 2.05) is 12.1 Å². The van der Waals surface area contributed by atoms with Gasteiger partial charge in [0.05, 0.1) is 16.6 Å². The normalized spacial score (nSPS) is 20.0. The molecule has 92 valence electrons. The van der Waals surface area contributed by atoms with Gasteiger partial charge in [-0.25, -0.2) is 0 Å². The van der Waals surface area contributed by atoms with Crippen LogP contribution in [0.1, 0.15) is 12.8 Å². The fraction of sp³-hybridized carbons (Fsp3) is 0.417. The van der Waals surface area contributed by atoms with Gasteiger partial charge >= 0.3 is 0 Å². The Kier molecular flexibility index (Phi) is 4.42. The summed E-state index contributed by atoms with van der Waals surface area (Å²) in [5.41, 5.74) is 0.664. The zero-order valence-corrected chi connectivity index (χ0v) is 11.6. The first kappa shape index (κ1) is 12.9. The van der Waals surface area contributed by atoms with Gasteiger partial charge in [-0.1, -0.05) is 27.5 Å². The second-order valence-corrected chi connectivity index (χ2v) is 5.48. The van der Waals surface area contributed by atoms with E-state index in [0.29, 0.717) is 10.7 Å². The zero-order valence-electron chi connectivity index (χ0n) is 9.30. The summed E-state index contributed by atoms with van der Waals surface area (Å²) in [7, 11) is 0. The summed E-state index contributed by atoms with van der Waals surface area (Å²) >= 11 is 9.39. The molecular formula is C12H14BrClN2O.